The third-order valence-electron chi connectivity index (χ3n) is 5.16. The van der Waals surface area contributed by atoms with Crippen LogP contribution in [0.3, 0.4) is 0 Å². The van der Waals surface area contributed by atoms with Crippen molar-refractivity contribution in [2.75, 3.05) is 5.32 Å². The Bertz CT molecular complexity index is 1310. The lowest BCUT2D eigenvalue weighted by Crippen LogP contribution is -2.35. The number of ether oxygens (including phenoxy) is 1. The SMILES string of the molecule is Cc1cc(NC(=O)NC(=O)c2c(F)cccc2F)c(C)c(C)c1Oc1ccc(C(F)(F)F)cc1Cl. The molecule has 0 saturated heterocycles. The third kappa shape index (κ3) is 5.71. The summed E-state index contributed by atoms with van der Waals surface area (Å²) in [6.07, 6.45) is -4.56. The number of carbonyl (C=O) groups is 2. The molecule has 3 amide bonds. The van der Waals surface area contributed by atoms with Crippen LogP contribution < -0.4 is 15.4 Å². The maximum Gasteiger partial charge on any atom is 0.416 e. The normalized spacial score (nSPS) is 11.2. The van der Waals surface area contributed by atoms with Crippen LogP contribution in [0.5, 0.6) is 11.5 Å². The highest BCUT2D eigenvalue weighted by molar-refractivity contribution is 6.32. The summed E-state index contributed by atoms with van der Waals surface area (Å²) in [5.41, 5.74) is -0.0224. The molecule has 0 spiro atoms. The van der Waals surface area contributed by atoms with E-state index in [1.54, 1.807) is 20.8 Å². The Kier molecular flexibility index (Phi) is 7.35. The number of urea groups is 1. The van der Waals surface area contributed by atoms with Gasteiger partial charge in [-0.25, -0.2) is 13.6 Å². The van der Waals surface area contributed by atoms with Crippen LogP contribution >= 0.6 is 11.6 Å². The molecule has 0 aliphatic carbocycles. The van der Waals surface area contributed by atoms with Gasteiger partial charge in [0.1, 0.15) is 28.7 Å². The summed E-state index contributed by atoms with van der Waals surface area (Å²) in [5.74, 6) is -3.20. The number of benzene rings is 3. The predicted molar refractivity (Wildman–Crippen MR) is 120 cm³/mol. The lowest BCUT2D eigenvalue weighted by molar-refractivity contribution is -0.137. The Morgan fingerprint density at radius 3 is 2.14 bits per heavy atom. The van der Waals surface area contributed by atoms with E-state index in [0.29, 0.717) is 22.4 Å². The third-order valence-corrected chi connectivity index (χ3v) is 5.46. The van der Waals surface area contributed by atoms with Crippen molar-refractivity contribution in [3.63, 3.8) is 0 Å². The molecule has 0 atom stereocenters. The quantitative estimate of drug-likeness (QED) is 0.360. The summed E-state index contributed by atoms with van der Waals surface area (Å²) in [4.78, 5) is 24.4. The van der Waals surface area contributed by atoms with Gasteiger partial charge in [-0.1, -0.05) is 17.7 Å². The lowest BCUT2D eigenvalue weighted by Gasteiger charge is -2.19. The van der Waals surface area contributed by atoms with Gasteiger partial charge in [0, 0.05) is 5.69 Å². The summed E-state index contributed by atoms with van der Waals surface area (Å²) >= 11 is 5.98. The number of anilines is 1. The van der Waals surface area contributed by atoms with Gasteiger partial charge in [0.2, 0.25) is 0 Å². The van der Waals surface area contributed by atoms with Crippen LogP contribution in [0.4, 0.5) is 32.4 Å². The molecular formula is C24H18ClF5N2O3. The minimum atomic E-state index is -4.56. The molecule has 0 aliphatic rings. The fourth-order valence-electron chi connectivity index (χ4n) is 3.25. The molecule has 0 aliphatic heterocycles. The summed E-state index contributed by atoms with van der Waals surface area (Å²) in [5, 5.41) is 4.06. The van der Waals surface area contributed by atoms with Crippen molar-refractivity contribution in [2.45, 2.75) is 26.9 Å². The van der Waals surface area contributed by atoms with E-state index in [-0.39, 0.29) is 16.5 Å². The van der Waals surface area contributed by atoms with E-state index in [9.17, 15) is 31.5 Å². The molecule has 184 valence electrons. The van der Waals surface area contributed by atoms with E-state index >= 15 is 0 Å². The first-order valence-corrected chi connectivity index (χ1v) is 10.4. The van der Waals surface area contributed by atoms with E-state index in [0.717, 1.165) is 36.4 Å². The van der Waals surface area contributed by atoms with Crippen molar-refractivity contribution in [3.05, 3.63) is 86.9 Å². The minimum Gasteiger partial charge on any atom is -0.455 e. The first-order valence-electron chi connectivity index (χ1n) is 10.0. The van der Waals surface area contributed by atoms with Gasteiger partial charge in [-0.05, 0) is 73.9 Å². The Morgan fingerprint density at radius 2 is 1.57 bits per heavy atom. The maximum absolute atomic E-state index is 13.8. The molecule has 0 fully saturated rings. The molecule has 0 aromatic heterocycles. The second kappa shape index (κ2) is 9.91. The number of nitrogens with one attached hydrogen (secondary N) is 2. The molecule has 0 heterocycles. The molecule has 11 heteroatoms. The molecule has 0 unspecified atom stereocenters. The van der Waals surface area contributed by atoms with Gasteiger partial charge in [-0.2, -0.15) is 13.2 Å². The van der Waals surface area contributed by atoms with E-state index in [2.05, 4.69) is 5.32 Å². The van der Waals surface area contributed by atoms with Crippen molar-refractivity contribution in [1.29, 1.82) is 0 Å². The van der Waals surface area contributed by atoms with Crippen molar-refractivity contribution in [3.8, 4) is 11.5 Å². The highest BCUT2D eigenvalue weighted by Gasteiger charge is 2.31. The molecule has 35 heavy (non-hydrogen) atoms. The van der Waals surface area contributed by atoms with E-state index in [1.807, 2.05) is 5.32 Å². The first kappa shape index (κ1) is 26.0. The highest BCUT2D eigenvalue weighted by atomic mass is 35.5. The standard InChI is InChI=1S/C24H18ClF5N2O3/c1-11-9-18(31-23(34)32-22(33)20-16(26)5-4-6-17(20)27)12(2)13(3)21(11)35-19-8-7-14(10-15(19)25)24(28,29)30/h4-10H,1-3H3,(H2,31,32,33,34). The largest absolute Gasteiger partial charge is 0.455 e. The highest BCUT2D eigenvalue weighted by Crippen LogP contribution is 2.39. The second-order valence-corrected chi connectivity index (χ2v) is 7.98. The fourth-order valence-corrected chi connectivity index (χ4v) is 3.47. The van der Waals surface area contributed by atoms with E-state index in [1.165, 1.54) is 6.07 Å². The van der Waals surface area contributed by atoms with Gasteiger partial charge in [0.25, 0.3) is 5.91 Å². The van der Waals surface area contributed by atoms with Crippen LogP contribution in [0.25, 0.3) is 0 Å². The Balaban J connectivity index is 1.81. The molecule has 0 saturated carbocycles. The molecule has 5 nitrogen and oxygen atoms in total. The van der Waals surface area contributed by atoms with Gasteiger partial charge < -0.3 is 10.1 Å². The van der Waals surface area contributed by atoms with Gasteiger partial charge in [-0.3, -0.25) is 10.1 Å². The molecule has 0 bridgehead atoms. The number of hydrogen-bond donors (Lipinski definition) is 2. The van der Waals surface area contributed by atoms with Gasteiger partial charge in [0.15, 0.2) is 0 Å². The molecule has 0 radical (unpaired) electrons. The zero-order valence-corrected chi connectivity index (χ0v) is 19.3. The topological polar surface area (TPSA) is 67.4 Å². The number of alkyl halides is 3. The van der Waals surface area contributed by atoms with Gasteiger partial charge in [0.05, 0.1) is 10.6 Å². The average molecular weight is 513 g/mol. The van der Waals surface area contributed by atoms with Gasteiger partial charge in [-0.15, -0.1) is 0 Å². The first-order chi connectivity index (χ1) is 16.3. The monoisotopic (exact) mass is 512 g/mol. The number of rotatable bonds is 4. The number of imide groups is 1. The zero-order chi connectivity index (χ0) is 26.1. The summed E-state index contributed by atoms with van der Waals surface area (Å²) < 4.78 is 71.9. The molecule has 3 rings (SSSR count). The van der Waals surface area contributed by atoms with Crippen LogP contribution in [0.15, 0.2) is 42.5 Å². The Hall–Kier alpha value is -3.66. The van der Waals surface area contributed by atoms with Crippen LogP contribution in [0, 0.1) is 32.4 Å². The van der Waals surface area contributed by atoms with Crippen molar-refractivity contribution in [2.24, 2.45) is 0 Å². The minimum absolute atomic E-state index is 0.00114. The second-order valence-electron chi connectivity index (χ2n) is 7.57. The molecule has 3 aromatic rings. The number of halogens is 6. The Labute approximate surface area is 201 Å². The predicted octanol–water partition coefficient (Wildman–Crippen LogP) is 7.32. The average Bonchev–Trinajstić information content (AvgIpc) is 2.75. The summed E-state index contributed by atoms with van der Waals surface area (Å²) in [6.45, 7) is 4.91. The fraction of sp³-hybridized carbons (Fsp3) is 0.167. The van der Waals surface area contributed by atoms with Crippen LogP contribution in [-0.4, -0.2) is 11.9 Å². The van der Waals surface area contributed by atoms with E-state index in [4.69, 9.17) is 16.3 Å². The van der Waals surface area contributed by atoms with Gasteiger partial charge >= 0.3 is 12.2 Å². The number of hydrogen-bond acceptors (Lipinski definition) is 3. The number of carbonyl (C=O) groups excluding carboxylic acids is 2. The Morgan fingerprint density at radius 1 is 0.943 bits per heavy atom. The van der Waals surface area contributed by atoms with Crippen LogP contribution in [0.1, 0.15) is 32.6 Å². The van der Waals surface area contributed by atoms with Crippen molar-refractivity contribution in [1.82, 2.24) is 5.32 Å². The van der Waals surface area contributed by atoms with Crippen LogP contribution in [0.2, 0.25) is 5.02 Å². The maximum atomic E-state index is 13.8. The summed E-state index contributed by atoms with van der Waals surface area (Å²) in [6, 6.07) is 6.02. The smallest absolute Gasteiger partial charge is 0.416 e. The molecule has 3 aromatic carbocycles. The zero-order valence-electron chi connectivity index (χ0n) is 18.5. The number of amides is 3. The molecular weight excluding hydrogens is 495 g/mol. The lowest BCUT2D eigenvalue weighted by atomic mass is 10.0. The van der Waals surface area contributed by atoms with Crippen molar-refractivity contribution < 1.29 is 36.3 Å². The number of aryl methyl sites for hydroxylation is 1. The van der Waals surface area contributed by atoms with Crippen molar-refractivity contribution >= 4 is 29.2 Å². The van der Waals surface area contributed by atoms with Crippen LogP contribution in [-0.2, 0) is 6.18 Å². The molecule has 2 N–H and O–H groups in total. The van der Waals surface area contributed by atoms with E-state index < -0.39 is 40.9 Å². The summed E-state index contributed by atoms with van der Waals surface area (Å²) in [7, 11) is 0.